The van der Waals surface area contributed by atoms with E-state index in [4.69, 9.17) is 5.73 Å². The first-order valence-corrected chi connectivity index (χ1v) is 9.93. The Morgan fingerprint density at radius 1 is 1.30 bits per heavy atom. The summed E-state index contributed by atoms with van der Waals surface area (Å²) >= 11 is 1.44. The molecule has 2 aliphatic rings. The molecule has 0 radical (unpaired) electrons. The van der Waals surface area contributed by atoms with Crippen LogP contribution in [0.15, 0.2) is 23.4 Å². The van der Waals surface area contributed by atoms with Gasteiger partial charge in [0.25, 0.3) is 5.69 Å². The number of nitro groups is 1. The number of primary amides is 1. The molecule has 2 fully saturated rings. The Labute approximate surface area is 160 Å². The van der Waals surface area contributed by atoms with E-state index in [9.17, 15) is 14.9 Å². The van der Waals surface area contributed by atoms with Crippen molar-refractivity contribution in [3.8, 4) is 0 Å². The summed E-state index contributed by atoms with van der Waals surface area (Å²) < 4.78 is 2.18. The highest BCUT2D eigenvalue weighted by Crippen LogP contribution is 2.42. The molecule has 1 aromatic carbocycles. The maximum atomic E-state index is 11.4. The Kier molecular flexibility index (Phi) is 4.73. The fraction of sp³-hybridized carbons (Fsp3) is 0.471. The first kappa shape index (κ1) is 17.8. The normalized spacial score (nSPS) is 16.7. The van der Waals surface area contributed by atoms with Crippen LogP contribution in [0.1, 0.15) is 47.6 Å². The Morgan fingerprint density at radius 3 is 2.67 bits per heavy atom. The molecule has 4 rings (SSSR count). The largest absolute Gasteiger partial charge is 0.366 e. The average molecular weight is 388 g/mol. The van der Waals surface area contributed by atoms with Gasteiger partial charge in [0.1, 0.15) is 0 Å². The van der Waals surface area contributed by atoms with Crippen LogP contribution in [0.25, 0.3) is 0 Å². The van der Waals surface area contributed by atoms with E-state index >= 15 is 0 Å². The highest BCUT2D eigenvalue weighted by atomic mass is 32.2. The van der Waals surface area contributed by atoms with Crippen molar-refractivity contribution in [3.63, 3.8) is 0 Å². The van der Waals surface area contributed by atoms with E-state index in [2.05, 4.69) is 19.7 Å². The first-order chi connectivity index (χ1) is 13.0. The number of amides is 1. The number of nitro benzene ring substituents is 1. The van der Waals surface area contributed by atoms with Crippen molar-refractivity contribution >= 4 is 29.3 Å². The molecule has 0 spiro atoms. The van der Waals surface area contributed by atoms with Gasteiger partial charge in [-0.2, -0.15) is 0 Å². The second kappa shape index (κ2) is 7.18. The van der Waals surface area contributed by atoms with Gasteiger partial charge in [-0.15, -0.1) is 10.2 Å². The molecular formula is C17H20N6O3S. The van der Waals surface area contributed by atoms with Gasteiger partial charge in [0.2, 0.25) is 11.9 Å². The third-order valence-corrected chi connectivity index (χ3v) is 5.86. The fourth-order valence-electron chi connectivity index (χ4n) is 3.30. The molecule has 1 saturated heterocycles. The van der Waals surface area contributed by atoms with Crippen molar-refractivity contribution in [1.29, 1.82) is 0 Å². The molecule has 10 heteroatoms. The van der Waals surface area contributed by atoms with Crippen LogP contribution in [0.2, 0.25) is 0 Å². The van der Waals surface area contributed by atoms with Crippen LogP contribution >= 0.6 is 11.8 Å². The molecule has 1 saturated carbocycles. The fourth-order valence-corrected chi connectivity index (χ4v) is 4.30. The average Bonchev–Trinajstić information content (AvgIpc) is 3.17. The Balaban J connectivity index is 1.57. The second-order valence-electron chi connectivity index (χ2n) is 6.83. The summed E-state index contributed by atoms with van der Waals surface area (Å²) in [5.74, 6) is 0.609. The van der Waals surface area contributed by atoms with Gasteiger partial charge in [0.15, 0.2) is 5.16 Å². The number of hydrogen-bond donors (Lipinski definition) is 1. The predicted molar refractivity (Wildman–Crippen MR) is 101 cm³/mol. The lowest BCUT2D eigenvalue weighted by Gasteiger charge is -2.17. The molecule has 0 unspecified atom stereocenters. The van der Waals surface area contributed by atoms with Crippen LogP contribution in [-0.4, -0.2) is 38.7 Å². The quantitative estimate of drug-likeness (QED) is 0.439. The monoisotopic (exact) mass is 388 g/mol. The number of hydrogen-bond acceptors (Lipinski definition) is 7. The number of rotatable bonds is 7. The minimum Gasteiger partial charge on any atom is -0.366 e. The number of thioether (sulfide) groups is 1. The molecular weight excluding hydrogens is 368 g/mol. The molecule has 1 aliphatic heterocycles. The molecule has 1 aromatic heterocycles. The minimum absolute atomic E-state index is 0.101. The summed E-state index contributed by atoms with van der Waals surface area (Å²) in [6, 6.07) is 4.77. The van der Waals surface area contributed by atoms with Gasteiger partial charge in [0, 0.05) is 42.1 Å². The van der Waals surface area contributed by atoms with E-state index in [-0.39, 0.29) is 11.3 Å². The van der Waals surface area contributed by atoms with Crippen LogP contribution in [0.3, 0.4) is 0 Å². The zero-order chi connectivity index (χ0) is 19.0. The summed E-state index contributed by atoms with van der Waals surface area (Å²) in [6.07, 6.45) is 4.55. The summed E-state index contributed by atoms with van der Waals surface area (Å²) in [6.45, 7) is 1.99. The first-order valence-electron chi connectivity index (χ1n) is 8.94. The standard InChI is InChI=1S/C17H20N6O3S/c18-15(24)11-3-4-12(14(9-11)23(25)26)10-27-17-20-19-16(21-7-1-2-8-21)22(17)13-5-6-13/h3-4,9,13H,1-2,5-8,10H2,(H2,18,24). The summed E-state index contributed by atoms with van der Waals surface area (Å²) in [7, 11) is 0. The molecule has 1 aliphatic carbocycles. The number of aromatic nitrogens is 3. The summed E-state index contributed by atoms with van der Waals surface area (Å²) in [4.78, 5) is 24.4. The smallest absolute Gasteiger partial charge is 0.274 e. The molecule has 1 amide bonds. The van der Waals surface area contributed by atoms with E-state index in [0.717, 1.165) is 37.0 Å². The maximum absolute atomic E-state index is 11.4. The number of nitrogens with zero attached hydrogens (tertiary/aromatic N) is 5. The molecule has 0 bridgehead atoms. The lowest BCUT2D eigenvalue weighted by molar-refractivity contribution is -0.385. The van der Waals surface area contributed by atoms with Crippen molar-refractivity contribution < 1.29 is 9.72 Å². The molecule has 0 atom stereocenters. The number of carbonyl (C=O) groups excluding carboxylic acids is 1. The van der Waals surface area contributed by atoms with E-state index in [1.165, 1.54) is 36.7 Å². The number of benzene rings is 1. The Hall–Kier alpha value is -2.62. The van der Waals surface area contributed by atoms with E-state index in [1.807, 2.05) is 0 Å². The Morgan fingerprint density at radius 2 is 2.04 bits per heavy atom. The van der Waals surface area contributed by atoms with Crippen LogP contribution in [0, 0.1) is 10.1 Å². The predicted octanol–water partition coefficient (Wildman–Crippen LogP) is 2.51. The van der Waals surface area contributed by atoms with Gasteiger partial charge < -0.3 is 10.6 Å². The van der Waals surface area contributed by atoms with Gasteiger partial charge in [-0.1, -0.05) is 17.8 Å². The van der Waals surface area contributed by atoms with Gasteiger partial charge >= 0.3 is 0 Å². The Bertz CT molecular complexity index is 889. The number of nitrogens with two attached hydrogens (primary N) is 1. The zero-order valence-corrected chi connectivity index (χ0v) is 15.5. The minimum atomic E-state index is -0.680. The third kappa shape index (κ3) is 3.61. The van der Waals surface area contributed by atoms with Crippen LogP contribution < -0.4 is 10.6 Å². The number of anilines is 1. The number of carbonyl (C=O) groups is 1. The van der Waals surface area contributed by atoms with Crippen LogP contribution in [-0.2, 0) is 5.75 Å². The lowest BCUT2D eigenvalue weighted by atomic mass is 10.1. The maximum Gasteiger partial charge on any atom is 0.274 e. The molecule has 2 N–H and O–H groups in total. The van der Waals surface area contributed by atoms with E-state index in [0.29, 0.717) is 17.4 Å². The van der Waals surface area contributed by atoms with Crippen LogP contribution in [0.5, 0.6) is 0 Å². The van der Waals surface area contributed by atoms with E-state index in [1.54, 1.807) is 6.07 Å². The van der Waals surface area contributed by atoms with Crippen LogP contribution in [0.4, 0.5) is 11.6 Å². The highest BCUT2D eigenvalue weighted by Gasteiger charge is 2.32. The molecule has 27 heavy (non-hydrogen) atoms. The highest BCUT2D eigenvalue weighted by molar-refractivity contribution is 7.98. The summed E-state index contributed by atoms with van der Waals surface area (Å²) in [5.41, 5.74) is 5.79. The molecule has 9 nitrogen and oxygen atoms in total. The lowest BCUT2D eigenvalue weighted by Crippen LogP contribution is -2.22. The van der Waals surface area contributed by atoms with Crippen molar-refractivity contribution in [2.24, 2.45) is 5.73 Å². The van der Waals surface area contributed by atoms with Gasteiger partial charge in [-0.05, 0) is 31.7 Å². The SMILES string of the molecule is NC(=O)c1ccc(CSc2nnc(N3CCCC3)n2C2CC2)c([N+](=O)[O-])c1. The molecule has 142 valence electrons. The molecule has 2 aromatic rings. The topological polar surface area (TPSA) is 120 Å². The van der Waals surface area contributed by atoms with Gasteiger partial charge in [-0.3, -0.25) is 19.5 Å². The third-order valence-electron chi connectivity index (χ3n) is 4.87. The van der Waals surface area contributed by atoms with Crippen molar-refractivity contribution in [1.82, 2.24) is 14.8 Å². The van der Waals surface area contributed by atoms with E-state index < -0.39 is 10.8 Å². The van der Waals surface area contributed by atoms with Crippen molar-refractivity contribution in [3.05, 3.63) is 39.4 Å². The zero-order valence-electron chi connectivity index (χ0n) is 14.7. The molecule has 2 heterocycles. The van der Waals surface area contributed by atoms with Gasteiger partial charge in [0.05, 0.1) is 4.92 Å². The second-order valence-corrected chi connectivity index (χ2v) is 7.77. The van der Waals surface area contributed by atoms with Crippen molar-refractivity contribution in [2.75, 3.05) is 18.0 Å². The summed E-state index contributed by atoms with van der Waals surface area (Å²) in [5, 5.41) is 20.9. The van der Waals surface area contributed by atoms with Crippen molar-refractivity contribution in [2.45, 2.75) is 42.6 Å². The van der Waals surface area contributed by atoms with Gasteiger partial charge in [-0.25, -0.2) is 0 Å².